The molecule has 1 aliphatic heterocycles. The van der Waals surface area contributed by atoms with Crippen molar-refractivity contribution in [1.82, 2.24) is 15.3 Å². The van der Waals surface area contributed by atoms with Gasteiger partial charge in [0.2, 0.25) is 5.91 Å². The van der Waals surface area contributed by atoms with E-state index in [2.05, 4.69) is 27.5 Å². The van der Waals surface area contributed by atoms with Crippen LogP contribution in [0.25, 0.3) is 10.9 Å². The van der Waals surface area contributed by atoms with E-state index in [9.17, 15) is 4.79 Å². The zero-order valence-corrected chi connectivity index (χ0v) is 19.2. The summed E-state index contributed by atoms with van der Waals surface area (Å²) >= 11 is 1.71. The minimum atomic E-state index is 0.0124. The van der Waals surface area contributed by atoms with E-state index in [0.717, 1.165) is 54.0 Å². The van der Waals surface area contributed by atoms with Gasteiger partial charge in [0.15, 0.2) is 11.5 Å². The van der Waals surface area contributed by atoms with Crippen molar-refractivity contribution in [1.29, 1.82) is 0 Å². The number of benzene rings is 1. The van der Waals surface area contributed by atoms with Gasteiger partial charge >= 0.3 is 0 Å². The number of hydrogen-bond donors (Lipinski definition) is 1. The Kier molecular flexibility index (Phi) is 6.27. The van der Waals surface area contributed by atoms with Crippen molar-refractivity contribution in [3.05, 3.63) is 39.8 Å². The van der Waals surface area contributed by atoms with Crippen molar-refractivity contribution in [3.8, 4) is 11.5 Å². The Morgan fingerprint density at radius 2 is 1.90 bits per heavy atom. The molecule has 7 nitrogen and oxygen atoms in total. The molecule has 3 aromatic rings. The third-order valence-corrected chi connectivity index (χ3v) is 6.71. The summed E-state index contributed by atoms with van der Waals surface area (Å²) in [5.74, 6) is 3.25. The number of aryl methyl sites for hydroxylation is 2. The number of nitrogens with zero attached hydrogens (tertiary/aromatic N) is 3. The number of carbonyl (C=O) groups excluding carboxylic acids is 1. The highest BCUT2D eigenvalue weighted by molar-refractivity contribution is 7.11. The van der Waals surface area contributed by atoms with Crippen LogP contribution < -0.4 is 19.7 Å². The lowest BCUT2D eigenvalue weighted by Gasteiger charge is -2.32. The molecule has 1 saturated heterocycles. The molecule has 0 aliphatic carbocycles. The van der Waals surface area contributed by atoms with Crippen LogP contribution in [0.15, 0.2) is 23.6 Å². The number of piperidine rings is 1. The molecular weight excluding hydrogens is 412 g/mol. The lowest BCUT2D eigenvalue weighted by Crippen LogP contribution is -2.40. The molecule has 1 N–H and O–H groups in total. The van der Waals surface area contributed by atoms with Crippen molar-refractivity contribution >= 4 is 34.0 Å². The predicted octanol–water partition coefficient (Wildman–Crippen LogP) is 3.86. The van der Waals surface area contributed by atoms with E-state index in [1.165, 1.54) is 4.88 Å². The number of nitrogens with one attached hydrogen (secondary N) is 1. The molecule has 31 heavy (non-hydrogen) atoms. The van der Waals surface area contributed by atoms with Crippen molar-refractivity contribution in [3.63, 3.8) is 0 Å². The van der Waals surface area contributed by atoms with Crippen LogP contribution in [0.3, 0.4) is 0 Å². The largest absolute Gasteiger partial charge is 0.493 e. The average Bonchev–Trinajstić information content (AvgIpc) is 3.17. The summed E-state index contributed by atoms with van der Waals surface area (Å²) in [5, 5.41) is 6.32. The molecule has 0 radical (unpaired) electrons. The molecule has 0 unspecified atom stereocenters. The van der Waals surface area contributed by atoms with Crippen molar-refractivity contribution < 1.29 is 14.3 Å². The molecule has 164 valence electrons. The van der Waals surface area contributed by atoms with Gasteiger partial charge < -0.3 is 19.7 Å². The molecule has 1 amide bonds. The summed E-state index contributed by atoms with van der Waals surface area (Å²) in [7, 11) is 3.22. The Labute approximate surface area is 186 Å². The fourth-order valence-corrected chi connectivity index (χ4v) is 4.88. The lowest BCUT2D eigenvalue weighted by atomic mass is 9.95. The molecule has 1 aromatic carbocycles. The molecular formula is C23H28N4O3S. The van der Waals surface area contributed by atoms with E-state index in [-0.39, 0.29) is 11.8 Å². The van der Waals surface area contributed by atoms with Gasteiger partial charge in [-0.1, -0.05) is 6.07 Å². The fourth-order valence-electron chi connectivity index (χ4n) is 4.11. The summed E-state index contributed by atoms with van der Waals surface area (Å²) in [5.41, 5.74) is 2.00. The van der Waals surface area contributed by atoms with Crippen LogP contribution in [0.2, 0.25) is 0 Å². The molecule has 1 aliphatic rings. The first-order valence-corrected chi connectivity index (χ1v) is 11.3. The number of methoxy groups -OCH3 is 2. The molecule has 8 heteroatoms. The van der Waals surface area contributed by atoms with Gasteiger partial charge in [0.1, 0.15) is 11.6 Å². The molecule has 0 saturated carbocycles. The minimum Gasteiger partial charge on any atom is -0.493 e. The predicted molar refractivity (Wildman–Crippen MR) is 123 cm³/mol. The minimum absolute atomic E-state index is 0.0124. The first-order valence-electron chi connectivity index (χ1n) is 10.5. The number of aromatic nitrogens is 2. The lowest BCUT2D eigenvalue weighted by molar-refractivity contribution is -0.125. The van der Waals surface area contributed by atoms with Crippen LogP contribution in [0.1, 0.15) is 29.1 Å². The first kappa shape index (κ1) is 21.4. The number of carbonyl (C=O) groups is 1. The fraction of sp³-hybridized carbons (Fsp3) is 0.435. The highest BCUT2D eigenvalue weighted by Crippen LogP contribution is 2.33. The van der Waals surface area contributed by atoms with Crippen molar-refractivity contribution in [2.45, 2.75) is 33.2 Å². The van der Waals surface area contributed by atoms with Gasteiger partial charge in [-0.05, 0) is 44.4 Å². The molecule has 0 bridgehead atoms. The van der Waals surface area contributed by atoms with E-state index in [4.69, 9.17) is 14.5 Å². The van der Waals surface area contributed by atoms with E-state index in [0.29, 0.717) is 18.0 Å². The van der Waals surface area contributed by atoms with E-state index in [1.807, 2.05) is 25.1 Å². The second-order valence-electron chi connectivity index (χ2n) is 7.82. The number of thiophene rings is 1. The summed E-state index contributed by atoms with van der Waals surface area (Å²) in [6, 6.07) is 5.69. The van der Waals surface area contributed by atoms with Gasteiger partial charge in [-0.15, -0.1) is 11.3 Å². The first-order chi connectivity index (χ1) is 15.0. The Bertz CT molecular complexity index is 1090. The third-order valence-electron chi connectivity index (χ3n) is 5.81. The zero-order chi connectivity index (χ0) is 22.0. The number of fused-ring (bicyclic) bond motifs is 1. The van der Waals surface area contributed by atoms with Gasteiger partial charge in [-0.3, -0.25) is 4.79 Å². The second kappa shape index (κ2) is 9.09. The highest BCUT2D eigenvalue weighted by atomic mass is 32.1. The molecule has 4 rings (SSSR count). The van der Waals surface area contributed by atoms with Gasteiger partial charge in [0.05, 0.1) is 25.1 Å². The number of hydrogen-bond acceptors (Lipinski definition) is 7. The van der Waals surface area contributed by atoms with Crippen LogP contribution >= 0.6 is 11.3 Å². The SMILES string of the molecule is COc1ccc(CNC(=O)C2CCN(c3nc(C)nc4csc(C)c34)CC2)cc1OC. The molecule has 1 fully saturated rings. The normalized spacial score (nSPS) is 14.6. The number of anilines is 1. The van der Waals surface area contributed by atoms with E-state index < -0.39 is 0 Å². The second-order valence-corrected chi connectivity index (χ2v) is 8.90. The quantitative estimate of drug-likeness (QED) is 0.627. The van der Waals surface area contributed by atoms with Crippen molar-refractivity contribution in [2.75, 3.05) is 32.2 Å². The maximum Gasteiger partial charge on any atom is 0.223 e. The van der Waals surface area contributed by atoms with Gasteiger partial charge in [-0.2, -0.15) is 0 Å². The number of amides is 1. The standard InChI is InChI=1S/C23H28N4O3S/c1-14-21-18(13-31-14)25-15(2)26-22(21)27-9-7-17(8-10-27)23(28)24-12-16-5-6-19(29-3)20(11-16)30-4/h5-6,11,13,17H,7-10,12H2,1-4H3,(H,24,28). The molecule has 0 spiro atoms. The van der Waals surface area contributed by atoms with E-state index >= 15 is 0 Å². The Balaban J connectivity index is 1.37. The zero-order valence-electron chi connectivity index (χ0n) is 18.4. The Morgan fingerprint density at radius 1 is 1.16 bits per heavy atom. The van der Waals surface area contributed by atoms with Crippen LogP contribution in [0.4, 0.5) is 5.82 Å². The maximum atomic E-state index is 12.8. The molecule has 0 atom stereocenters. The summed E-state index contributed by atoms with van der Waals surface area (Å²) in [4.78, 5) is 25.6. The van der Waals surface area contributed by atoms with Crippen molar-refractivity contribution in [2.24, 2.45) is 5.92 Å². The average molecular weight is 441 g/mol. The van der Waals surface area contributed by atoms with Crippen LogP contribution in [0, 0.1) is 19.8 Å². The topological polar surface area (TPSA) is 76.6 Å². The molecule has 2 aromatic heterocycles. The van der Waals surface area contributed by atoms with Gasteiger partial charge in [-0.25, -0.2) is 9.97 Å². The van der Waals surface area contributed by atoms with Crippen LogP contribution in [0.5, 0.6) is 11.5 Å². The monoisotopic (exact) mass is 440 g/mol. The van der Waals surface area contributed by atoms with E-state index in [1.54, 1.807) is 25.6 Å². The summed E-state index contributed by atoms with van der Waals surface area (Å²) in [6.07, 6.45) is 1.62. The van der Waals surface area contributed by atoms with Gasteiger partial charge in [0.25, 0.3) is 0 Å². The molecule has 3 heterocycles. The summed E-state index contributed by atoms with van der Waals surface area (Å²) < 4.78 is 10.6. The number of rotatable bonds is 6. The van der Waals surface area contributed by atoms with Crippen LogP contribution in [-0.4, -0.2) is 43.2 Å². The van der Waals surface area contributed by atoms with Crippen LogP contribution in [-0.2, 0) is 11.3 Å². The highest BCUT2D eigenvalue weighted by Gasteiger charge is 2.27. The smallest absolute Gasteiger partial charge is 0.223 e. The Hall–Kier alpha value is -2.87. The number of ether oxygens (including phenoxy) is 2. The maximum absolute atomic E-state index is 12.8. The summed E-state index contributed by atoms with van der Waals surface area (Å²) in [6.45, 7) is 6.15. The van der Waals surface area contributed by atoms with Gasteiger partial charge in [0, 0.05) is 35.8 Å². The third kappa shape index (κ3) is 4.44. The Morgan fingerprint density at radius 3 is 2.61 bits per heavy atom.